The van der Waals surface area contributed by atoms with Gasteiger partial charge in [-0.1, -0.05) is 18.2 Å². The number of urea groups is 1. The lowest BCUT2D eigenvalue weighted by Crippen LogP contribution is -2.53. The molecule has 0 aliphatic carbocycles. The molecule has 4 rings (SSSR count). The van der Waals surface area contributed by atoms with E-state index in [2.05, 4.69) is 5.32 Å². The Bertz CT molecular complexity index is 1130. The fourth-order valence-corrected chi connectivity index (χ4v) is 5.53. The van der Waals surface area contributed by atoms with Crippen molar-refractivity contribution in [2.45, 2.75) is 24.3 Å². The first-order valence-electron chi connectivity index (χ1n) is 10.6. The van der Waals surface area contributed by atoms with Gasteiger partial charge in [0.2, 0.25) is 15.9 Å². The predicted molar refractivity (Wildman–Crippen MR) is 117 cm³/mol. The molecule has 33 heavy (non-hydrogen) atoms. The Balaban J connectivity index is 1.30. The van der Waals surface area contributed by atoms with E-state index < -0.39 is 26.6 Å². The van der Waals surface area contributed by atoms with Crippen LogP contribution in [0.2, 0.25) is 0 Å². The zero-order valence-corrected chi connectivity index (χ0v) is 18.7. The summed E-state index contributed by atoms with van der Waals surface area (Å²) in [4.78, 5) is 26.6. The minimum absolute atomic E-state index is 0.0674. The molecule has 0 atom stereocenters. The Morgan fingerprint density at radius 1 is 0.939 bits per heavy atom. The summed E-state index contributed by atoms with van der Waals surface area (Å²) in [5, 5.41) is 2.79. The van der Waals surface area contributed by atoms with Gasteiger partial charge in [-0.15, -0.1) is 0 Å². The summed E-state index contributed by atoms with van der Waals surface area (Å²) >= 11 is 0. The van der Waals surface area contributed by atoms with Crippen molar-refractivity contribution in [2.75, 3.05) is 37.6 Å². The van der Waals surface area contributed by atoms with Crippen LogP contribution in [0.4, 0.5) is 19.3 Å². The Kier molecular flexibility index (Phi) is 6.61. The van der Waals surface area contributed by atoms with Gasteiger partial charge in [-0.3, -0.25) is 4.79 Å². The van der Waals surface area contributed by atoms with Gasteiger partial charge in [0, 0.05) is 51.4 Å². The molecular weight excluding hydrogens is 454 g/mol. The third-order valence-electron chi connectivity index (χ3n) is 5.81. The normalized spacial score (nSPS) is 17.5. The maximum atomic E-state index is 14.0. The van der Waals surface area contributed by atoms with Crippen molar-refractivity contribution in [3.8, 4) is 0 Å². The lowest BCUT2D eigenvalue weighted by Gasteiger charge is -2.34. The summed E-state index contributed by atoms with van der Waals surface area (Å²) in [7, 11) is -4.35. The molecule has 0 spiro atoms. The highest BCUT2D eigenvalue weighted by Gasteiger charge is 2.34. The van der Waals surface area contributed by atoms with Gasteiger partial charge in [-0.2, -0.15) is 4.31 Å². The van der Waals surface area contributed by atoms with E-state index in [1.807, 2.05) is 24.3 Å². The quantitative estimate of drug-likeness (QED) is 0.714. The second-order valence-corrected chi connectivity index (χ2v) is 9.79. The minimum atomic E-state index is -4.35. The molecule has 2 aliphatic heterocycles. The number of hydrogen-bond donors (Lipinski definition) is 1. The predicted octanol–water partition coefficient (Wildman–Crippen LogP) is 2.31. The number of halogens is 2. The van der Waals surface area contributed by atoms with Crippen molar-refractivity contribution in [3.63, 3.8) is 0 Å². The molecule has 3 amide bonds. The number of carbonyl (C=O) groups excluding carboxylic acids is 2. The Labute approximate surface area is 190 Å². The molecule has 2 fully saturated rings. The minimum Gasteiger partial charge on any atom is -0.334 e. The summed E-state index contributed by atoms with van der Waals surface area (Å²) < 4.78 is 54.2. The number of benzene rings is 2. The van der Waals surface area contributed by atoms with Gasteiger partial charge in [-0.25, -0.2) is 22.0 Å². The van der Waals surface area contributed by atoms with Crippen LogP contribution in [-0.2, 0) is 21.4 Å². The van der Waals surface area contributed by atoms with Crippen molar-refractivity contribution in [1.29, 1.82) is 0 Å². The largest absolute Gasteiger partial charge is 0.334 e. The van der Waals surface area contributed by atoms with Crippen molar-refractivity contribution in [3.05, 3.63) is 59.7 Å². The molecule has 0 radical (unpaired) electrons. The second kappa shape index (κ2) is 9.44. The number of hydrogen-bond acceptors (Lipinski definition) is 4. The molecule has 2 heterocycles. The molecule has 0 unspecified atom stereocenters. The second-order valence-electron chi connectivity index (χ2n) is 7.92. The van der Waals surface area contributed by atoms with Crippen LogP contribution in [0.3, 0.4) is 0 Å². The Morgan fingerprint density at radius 3 is 2.15 bits per heavy atom. The van der Waals surface area contributed by atoms with Gasteiger partial charge < -0.3 is 15.1 Å². The first kappa shape index (κ1) is 23.1. The standard InChI is InChI=1S/C22H24F2N4O4S/c23-18-3-1-4-19(24)21(18)33(31,32)27-13-11-26(12-14-27)22(30)25-15-16-6-8-17(9-7-16)28-10-2-5-20(28)29/h1,3-4,6-9H,2,5,10-15H2,(H,25,30). The van der Waals surface area contributed by atoms with Crippen LogP contribution >= 0.6 is 0 Å². The van der Waals surface area contributed by atoms with E-state index in [1.54, 1.807) is 4.90 Å². The molecule has 0 saturated carbocycles. The van der Waals surface area contributed by atoms with E-state index in [1.165, 1.54) is 4.90 Å². The van der Waals surface area contributed by atoms with E-state index >= 15 is 0 Å². The number of nitrogens with zero attached hydrogens (tertiary/aromatic N) is 3. The van der Waals surface area contributed by atoms with Crippen LogP contribution in [0.5, 0.6) is 0 Å². The van der Waals surface area contributed by atoms with Crippen LogP contribution in [0.1, 0.15) is 18.4 Å². The van der Waals surface area contributed by atoms with Crippen LogP contribution in [-0.4, -0.2) is 62.3 Å². The molecule has 2 aromatic carbocycles. The van der Waals surface area contributed by atoms with Crippen molar-refractivity contribution < 1.29 is 26.8 Å². The maximum Gasteiger partial charge on any atom is 0.317 e. The average molecular weight is 479 g/mol. The van der Waals surface area contributed by atoms with Crippen LogP contribution in [0.15, 0.2) is 47.4 Å². The van der Waals surface area contributed by atoms with Crippen molar-refractivity contribution in [1.82, 2.24) is 14.5 Å². The number of amides is 3. The third-order valence-corrected chi connectivity index (χ3v) is 7.76. The van der Waals surface area contributed by atoms with E-state index in [-0.39, 0.29) is 44.7 Å². The third kappa shape index (κ3) is 4.83. The topological polar surface area (TPSA) is 90.0 Å². The Morgan fingerprint density at radius 2 is 1.58 bits per heavy atom. The fourth-order valence-electron chi connectivity index (χ4n) is 3.99. The molecule has 1 N–H and O–H groups in total. The fraction of sp³-hybridized carbons (Fsp3) is 0.364. The molecule has 2 saturated heterocycles. The van der Waals surface area contributed by atoms with Gasteiger partial charge in [-0.05, 0) is 36.2 Å². The first-order chi connectivity index (χ1) is 15.8. The van der Waals surface area contributed by atoms with Gasteiger partial charge in [0.05, 0.1) is 0 Å². The molecule has 0 aromatic heterocycles. The van der Waals surface area contributed by atoms with E-state index in [9.17, 15) is 26.8 Å². The van der Waals surface area contributed by atoms with Gasteiger partial charge >= 0.3 is 6.03 Å². The highest BCUT2D eigenvalue weighted by atomic mass is 32.2. The van der Waals surface area contributed by atoms with Gasteiger partial charge in [0.1, 0.15) is 11.6 Å². The van der Waals surface area contributed by atoms with Crippen LogP contribution < -0.4 is 10.2 Å². The number of nitrogens with one attached hydrogen (secondary N) is 1. The zero-order valence-electron chi connectivity index (χ0n) is 17.8. The lowest BCUT2D eigenvalue weighted by atomic mass is 10.2. The molecular formula is C22H24F2N4O4S. The Hall–Kier alpha value is -3.05. The average Bonchev–Trinajstić information content (AvgIpc) is 3.23. The summed E-state index contributed by atoms with van der Waals surface area (Å²) in [6.45, 7) is 1.03. The molecule has 0 bridgehead atoms. The number of sulfonamides is 1. The van der Waals surface area contributed by atoms with Crippen molar-refractivity contribution in [2.24, 2.45) is 0 Å². The highest BCUT2D eigenvalue weighted by molar-refractivity contribution is 7.89. The summed E-state index contributed by atoms with van der Waals surface area (Å²) in [6, 6.07) is 9.91. The smallest absolute Gasteiger partial charge is 0.317 e. The molecule has 176 valence electrons. The molecule has 11 heteroatoms. The molecule has 8 nitrogen and oxygen atoms in total. The van der Waals surface area contributed by atoms with Gasteiger partial charge in [0.15, 0.2) is 4.90 Å². The lowest BCUT2D eigenvalue weighted by molar-refractivity contribution is -0.117. The van der Waals surface area contributed by atoms with E-state index in [0.29, 0.717) is 13.0 Å². The number of piperazine rings is 1. The zero-order chi connectivity index (χ0) is 23.6. The SMILES string of the molecule is O=C(NCc1ccc(N2CCCC2=O)cc1)N1CCN(S(=O)(=O)c2c(F)cccc2F)CC1. The number of anilines is 1. The van der Waals surface area contributed by atoms with Gasteiger partial charge in [0.25, 0.3) is 0 Å². The van der Waals surface area contributed by atoms with Crippen molar-refractivity contribution >= 4 is 27.6 Å². The number of carbonyl (C=O) groups is 2. The highest BCUT2D eigenvalue weighted by Crippen LogP contribution is 2.24. The molecule has 2 aliphatic rings. The van der Waals surface area contributed by atoms with Crippen LogP contribution in [0, 0.1) is 11.6 Å². The number of rotatable bonds is 5. The van der Waals surface area contributed by atoms with E-state index in [0.717, 1.165) is 40.2 Å². The monoisotopic (exact) mass is 478 g/mol. The maximum absolute atomic E-state index is 14.0. The summed E-state index contributed by atoms with van der Waals surface area (Å²) in [5.74, 6) is -2.18. The molecule has 2 aromatic rings. The van der Waals surface area contributed by atoms with E-state index in [4.69, 9.17) is 0 Å². The first-order valence-corrected chi connectivity index (χ1v) is 12.1. The van der Waals surface area contributed by atoms with Crippen LogP contribution in [0.25, 0.3) is 0 Å². The summed E-state index contributed by atoms with van der Waals surface area (Å²) in [6.07, 6.45) is 1.40. The summed E-state index contributed by atoms with van der Waals surface area (Å²) in [5.41, 5.74) is 1.69.